The molecule has 0 bridgehead atoms. The monoisotopic (exact) mass is 312 g/mol. The Bertz CT molecular complexity index is 367. The van der Waals surface area contributed by atoms with Gasteiger partial charge < -0.3 is 10.6 Å². The van der Waals surface area contributed by atoms with Crippen molar-refractivity contribution in [2.24, 2.45) is 11.1 Å². The maximum absolute atomic E-state index is 5.93. The fraction of sp³-hybridized carbons (Fsp3) is 0.600. The van der Waals surface area contributed by atoms with Gasteiger partial charge in [0, 0.05) is 17.6 Å². The van der Waals surface area contributed by atoms with Gasteiger partial charge in [-0.15, -0.1) is 0 Å². The Morgan fingerprint density at radius 3 is 2.56 bits per heavy atom. The standard InChI is InChI=1S/C15H25BrN2/c1-4-9-15(2,11-17)12-18(3)10-13-7-5-6-8-14(13)16/h5-8H,4,9-12,17H2,1-3H3. The smallest absolute Gasteiger partial charge is 0.0242 e. The Morgan fingerprint density at radius 1 is 1.33 bits per heavy atom. The lowest BCUT2D eigenvalue weighted by molar-refractivity contribution is 0.179. The third-order valence-electron chi connectivity index (χ3n) is 3.40. The van der Waals surface area contributed by atoms with Gasteiger partial charge in [0.25, 0.3) is 0 Å². The van der Waals surface area contributed by atoms with E-state index in [9.17, 15) is 0 Å². The van der Waals surface area contributed by atoms with Gasteiger partial charge in [-0.2, -0.15) is 0 Å². The molecule has 0 heterocycles. The zero-order valence-electron chi connectivity index (χ0n) is 11.7. The van der Waals surface area contributed by atoms with Crippen LogP contribution in [0.2, 0.25) is 0 Å². The molecule has 0 aromatic heterocycles. The van der Waals surface area contributed by atoms with Gasteiger partial charge in [-0.1, -0.05) is 54.4 Å². The Hall–Kier alpha value is -0.380. The predicted molar refractivity (Wildman–Crippen MR) is 82.5 cm³/mol. The van der Waals surface area contributed by atoms with Crippen LogP contribution in [0.15, 0.2) is 28.7 Å². The summed E-state index contributed by atoms with van der Waals surface area (Å²) in [6.45, 7) is 7.26. The molecule has 18 heavy (non-hydrogen) atoms. The van der Waals surface area contributed by atoms with E-state index in [0.29, 0.717) is 0 Å². The molecule has 0 fully saturated rings. The summed E-state index contributed by atoms with van der Waals surface area (Å²) in [6.07, 6.45) is 2.38. The molecule has 0 spiro atoms. The summed E-state index contributed by atoms with van der Waals surface area (Å²) in [5.74, 6) is 0. The fourth-order valence-corrected chi connectivity index (χ4v) is 2.88. The van der Waals surface area contributed by atoms with Gasteiger partial charge in [0.1, 0.15) is 0 Å². The van der Waals surface area contributed by atoms with Crippen LogP contribution in [0, 0.1) is 5.41 Å². The number of halogens is 1. The SMILES string of the molecule is CCCC(C)(CN)CN(C)Cc1ccccc1Br. The van der Waals surface area contributed by atoms with Gasteiger partial charge in [0.2, 0.25) is 0 Å². The van der Waals surface area contributed by atoms with Crippen molar-refractivity contribution in [3.05, 3.63) is 34.3 Å². The molecule has 0 aliphatic carbocycles. The molecular formula is C15H25BrN2. The van der Waals surface area contributed by atoms with Crippen LogP contribution in [0.25, 0.3) is 0 Å². The third-order valence-corrected chi connectivity index (χ3v) is 4.17. The zero-order chi connectivity index (χ0) is 13.6. The quantitative estimate of drug-likeness (QED) is 0.832. The third kappa shape index (κ3) is 4.71. The second-order valence-electron chi connectivity index (χ2n) is 5.53. The molecular weight excluding hydrogens is 288 g/mol. The second-order valence-corrected chi connectivity index (χ2v) is 6.38. The van der Waals surface area contributed by atoms with Crippen LogP contribution in [0.5, 0.6) is 0 Å². The highest BCUT2D eigenvalue weighted by atomic mass is 79.9. The van der Waals surface area contributed by atoms with Crippen LogP contribution in [0.3, 0.4) is 0 Å². The molecule has 0 radical (unpaired) electrons. The highest BCUT2D eigenvalue weighted by Gasteiger charge is 2.23. The van der Waals surface area contributed by atoms with Crippen molar-refractivity contribution < 1.29 is 0 Å². The summed E-state index contributed by atoms with van der Waals surface area (Å²) in [4.78, 5) is 2.36. The van der Waals surface area contributed by atoms with E-state index in [1.54, 1.807) is 0 Å². The molecule has 1 atom stereocenters. The van der Waals surface area contributed by atoms with Crippen LogP contribution in [-0.4, -0.2) is 25.0 Å². The second kappa shape index (κ2) is 7.27. The first-order valence-electron chi connectivity index (χ1n) is 6.63. The fourth-order valence-electron chi connectivity index (χ4n) is 2.47. The average molecular weight is 313 g/mol. The molecule has 0 saturated heterocycles. The van der Waals surface area contributed by atoms with Crippen molar-refractivity contribution in [2.75, 3.05) is 20.1 Å². The van der Waals surface area contributed by atoms with Crippen molar-refractivity contribution >= 4 is 15.9 Å². The lowest BCUT2D eigenvalue weighted by Gasteiger charge is -2.32. The molecule has 2 nitrogen and oxygen atoms in total. The van der Waals surface area contributed by atoms with E-state index in [0.717, 1.165) is 19.6 Å². The number of rotatable bonds is 7. The van der Waals surface area contributed by atoms with Gasteiger partial charge in [-0.05, 0) is 37.1 Å². The largest absolute Gasteiger partial charge is 0.330 e. The normalized spacial score (nSPS) is 14.8. The molecule has 0 aliphatic rings. The minimum Gasteiger partial charge on any atom is -0.330 e. The van der Waals surface area contributed by atoms with Crippen molar-refractivity contribution in [2.45, 2.75) is 33.2 Å². The Balaban J connectivity index is 2.61. The first kappa shape index (κ1) is 15.7. The minimum absolute atomic E-state index is 0.227. The number of benzene rings is 1. The molecule has 2 N–H and O–H groups in total. The molecule has 0 aliphatic heterocycles. The van der Waals surface area contributed by atoms with Crippen LogP contribution >= 0.6 is 15.9 Å². The molecule has 1 aromatic rings. The average Bonchev–Trinajstić information content (AvgIpc) is 2.32. The predicted octanol–water partition coefficient (Wildman–Crippen LogP) is 3.65. The summed E-state index contributed by atoms with van der Waals surface area (Å²) in [6, 6.07) is 8.40. The lowest BCUT2D eigenvalue weighted by Crippen LogP contribution is -2.38. The summed E-state index contributed by atoms with van der Waals surface area (Å²) < 4.78 is 1.18. The van der Waals surface area contributed by atoms with Gasteiger partial charge in [-0.3, -0.25) is 0 Å². The highest BCUT2D eigenvalue weighted by molar-refractivity contribution is 9.10. The number of hydrogen-bond acceptors (Lipinski definition) is 2. The highest BCUT2D eigenvalue weighted by Crippen LogP contribution is 2.24. The van der Waals surface area contributed by atoms with Crippen LogP contribution in [0.4, 0.5) is 0 Å². The molecule has 1 aromatic carbocycles. The van der Waals surface area contributed by atoms with Gasteiger partial charge in [0.15, 0.2) is 0 Å². The summed E-state index contributed by atoms with van der Waals surface area (Å²) in [5.41, 5.74) is 7.49. The molecule has 0 saturated carbocycles. The van der Waals surface area contributed by atoms with E-state index in [1.807, 2.05) is 0 Å². The van der Waals surface area contributed by atoms with E-state index < -0.39 is 0 Å². The summed E-state index contributed by atoms with van der Waals surface area (Å²) >= 11 is 3.60. The minimum atomic E-state index is 0.227. The van der Waals surface area contributed by atoms with E-state index in [-0.39, 0.29) is 5.41 Å². The van der Waals surface area contributed by atoms with E-state index in [4.69, 9.17) is 5.73 Å². The summed E-state index contributed by atoms with van der Waals surface area (Å²) in [5, 5.41) is 0. The first-order chi connectivity index (χ1) is 8.50. The van der Waals surface area contributed by atoms with Crippen molar-refractivity contribution in [1.82, 2.24) is 4.90 Å². The molecule has 102 valence electrons. The van der Waals surface area contributed by atoms with Crippen molar-refractivity contribution in [3.63, 3.8) is 0 Å². The van der Waals surface area contributed by atoms with E-state index in [2.05, 4.69) is 66.0 Å². The van der Waals surface area contributed by atoms with Crippen molar-refractivity contribution in [3.8, 4) is 0 Å². The lowest BCUT2D eigenvalue weighted by atomic mass is 9.85. The molecule has 1 unspecified atom stereocenters. The first-order valence-corrected chi connectivity index (χ1v) is 7.42. The Morgan fingerprint density at radius 2 is 2.00 bits per heavy atom. The van der Waals surface area contributed by atoms with Gasteiger partial charge >= 0.3 is 0 Å². The van der Waals surface area contributed by atoms with Gasteiger partial charge in [0.05, 0.1) is 0 Å². The van der Waals surface area contributed by atoms with E-state index in [1.165, 1.54) is 22.9 Å². The van der Waals surface area contributed by atoms with E-state index >= 15 is 0 Å². The topological polar surface area (TPSA) is 29.3 Å². The maximum Gasteiger partial charge on any atom is 0.0242 e. The van der Waals surface area contributed by atoms with Crippen molar-refractivity contribution in [1.29, 1.82) is 0 Å². The Labute approximate surface area is 120 Å². The zero-order valence-corrected chi connectivity index (χ0v) is 13.3. The Kier molecular flexibility index (Phi) is 6.33. The van der Waals surface area contributed by atoms with Gasteiger partial charge in [-0.25, -0.2) is 0 Å². The van der Waals surface area contributed by atoms with Crippen LogP contribution in [0.1, 0.15) is 32.3 Å². The van der Waals surface area contributed by atoms with Crippen LogP contribution < -0.4 is 5.73 Å². The molecule has 1 rings (SSSR count). The molecule has 3 heteroatoms. The maximum atomic E-state index is 5.93. The molecule has 0 amide bonds. The van der Waals surface area contributed by atoms with Crippen LogP contribution in [-0.2, 0) is 6.54 Å². The number of nitrogens with zero attached hydrogens (tertiary/aromatic N) is 1. The summed E-state index contributed by atoms with van der Waals surface area (Å²) in [7, 11) is 2.17. The number of hydrogen-bond donors (Lipinski definition) is 1. The number of nitrogens with two attached hydrogens (primary N) is 1.